The third-order valence-corrected chi connectivity index (χ3v) is 3.19. The second-order valence-electron chi connectivity index (χ2n) is 4.63. The van der Waals surface area contributed by atoms with Gasteiger partial charge in [0.2, 0.25) is 5.95 Å². The van der Waals surface area contributed by atoms with Gasteiger partial charge in [0, 0.05) is 11.1 Å². The fourth-order valence-corrected chi connectivity index (χ4v) is 2.11. The molecule has 1 aromatic heterocycles. The number of aromatic nitrogens is 2. The maximum Gasteiger partial charge on any atom is 1.00 e. The summed E-state index contributed by atoms with van der Waals surface area (Å²) < 4.78 is 4.51. The molecule has 0 radical (unpaired) electrons. The maximum absolute atomic E-state index is 12.4. The molecule has 23 heavy (non-hydrogen) atoms. The van der Waals surface area contributed by atoms with E-state index in [2.05, 4.69) is 20.0 Å². The summed E-state index contributed by atoms with van der Waals surface area (Å²) in [6.07, 6.45) is -0.611. The zero-order chi connectivity index (χ0) is 15.5. The standard InChI is InChI=1S/C16H13N3O3.Na.H/c1-22-16(21)19-15-17-12-8-7-11(9-13(12)18-15)14(20)10-5-3-2-4-6-10;;/h2-9H,1H3,(H2,17,18,19,21);;/q;+1;-1. The first-order valence-corrected chi connectivity index (χ1v) is 6.62. The van der Waals surface area contributed by atoms with Gasteiger partial charge in [-0.15, -0.1) is 0 Å². The van der Waals surface area contributed by atoms with Crippen LogP contribution < -0.4 is 34.9 Å². The number of carbonyl (C=O) groups excluding carboxylic acids is 2. The number of rotatable bonds is 3. The first-order valence-electron chi connectivity index (χ1n) is 6.62. The van der Waals surface area contributed by atoms with Crippen LogP contribution >= 0.6 is 0 Å². The molecular formula is C16H14N3NaO3. The second-order valence-corrected chi connectivity index (χ2v) is 4.63. The summed E-state index contributed by atoms with van der Waals surface area (Å²) in [5.41, 5.74) is 2.48. The van der Waals surface area contributed by atoms with Gasteiger partial charge in [0.1, 0.15) is 0 Å². The molecule has 0 spiro atoms. The summed E-state index contributed by atoms with van der Waals surface area (Å²) in [7, 11) is 1.27. The van der Waals surface area contributed by atoms with Gasteiger partial charge < -0.3 is 11.1 Å². The fraction of sp³-hybridized carbons (Fsp3) is 0.0625. The summed E-state index contributed by atoms with van der Waals surface area (Å²) in [6, 6.07) is 14.2. The Balaban J connectivity index is 0.00000144. The number of amides is 1. The summed E-state index contributed by atoms with van der Waals surface area (Å²) in [5.74, 6) is 0.200. The molecule has 2 N–H and O–H groups in total. The first-order chi connectivity index (χ1) is 10.7. The summed E-state index contributed by atoms with van der Waals surface area (Å²) >= 11 is 0. The number of nitrogens with one attached hydrogen (secondary N) is 2. The monoisotopic (exact) mass is 319 g/mol. The molecule has 1 amide bonds. The number of carbonyl (C=O) groups is 2. The average Bonchev–Trinajstić information content (AvgIpc) is 2.96. The van der Waals surface area contributed by atoms with Gasteiger partial charge in [0.15, 0.2) is 5.78 Å². The molecule has 1 heterocycles. The van der Waals surface area contributed by atoms with Crippen molar-refractivity contribution in [1.82, 2.24) is 9.97 Å². The Hall–Kier alpha value is -2.15. The molecule has 0 aliphatic carbocycles. The maximum atomic E-state index is 12.4. The van der Waals surface area contributed by atoms with Gasteiger partial charge in [-0.3, -0.25) is 10.1 Å². The first kappa shape index (κ1) is 17.2. The van der Waals surface area contributed by atoms with Gasteiger partial charge in [-0.1, -0.05) is 30.3 Å². The van der Waals surface area contributed by atoms with E-state index in [1.54, 1.807) is 30.3 Å². The van der Waals surface area contributed by atoms with Gasteiger partial charge in [-0.25, -0.2) is 9.78 Å². The Morgan fingerprint density at radius 1 is 1.13 bits per heavy atom. The molecule has 112 valence electrons. The molecule has 0 aliphatic rings. The Labute approximate surface area is 156 Å². The minimum Gasteiger partial charge on any atom is -1.00 e. The van der Waals surface area contributed by atoms with Crippen molar-refractivity contribution < 1.29 is 45.3 Å². The Bertz CT molecular complexity index is 852. The molecule has 3 aromatic rings. The number of benzene rings is 2. The van der Waals surface area contributed by atoms with Gasteiger partial charge in [-0.2, -0.15) is 0 Å². The second kappa shape index (κ2) is 7.41. The van der Waals surface area contributed by atoms with E-state index in [0.29, 0.717) is 22.2 Å². The van der Waals surface area contributed by atoms with Crippen molar-refractivity contribution in [3.8, 4) is 0 Å². The number of aromatic amines is 1. The minimum absolute atomic E-state index is 0. The Morgan fingerprint density at radius 3 is 2.57 bits per heavy atom. The number of ether oxygens (including phenoxy) is 1. The summed E-state index contributed by atoms with van der Waals surface area (Å²) in [5, 5.41) is 2.45. The number of hydrogen-bond donors (Lipinski definition) is 2. The number of nitrogens with zero attached hydrogens (tertiary/aromatic N) is 1. The normalized spacial score (nSPS) is 9.96. The van der Waals surface area contributed by atoms with Gasteiger partial charge in [-0.05, 0) is 18.2 Å². The quantitative estimate of drug-likeness (QED) is 0.529. The zero-order valence-corrected chi connectivity index (χ0v) is 14.8. The fourth-order valence-electron chi connectivity index (χ4n) is 2.11. The van der Waals surface area contributed by atoms with Crippen LogP contribution in [-0.2, 0) is 4.74 Å². The molecular weight excluding hydrogens is 305 g/mol. The number of H-pyrrole nitrogens is 1. The van der Waals surface area contributed by atoms with Gasteiger partial charge >= 0.3 is 35.7 Å². The molecule has 0 aliphatic heterocycles. The van der Waals surface area contributed by atoms with E-state index in [-0.39, 0.29) is 42.7 Å². The number of anilines is 1. The minimum atomic E-state index is -0.611. The van der Waals surface area contributed by atoms with Crippen LogP contribution in [0.2, 0.25) is 0 Å². The number of ketones is 1. The van der Waals surface area contributed by atoms with E-state index in [1.807, 2.05) is 18.2 Å². The molecule has 0 atom stereocenters. The Kier molecular flexibility index (Phi) is 5.54. The van der Waals surface area contributed by atoms with Crippen LogP contribution in [0.4, 0.5) is 10.7 Å². The van der Waals surface area contributed by atoms with E-state index in [1.165, 1.54) is 7.11 Å². The molecule has 0 saturated heterocycles. The van der Waals surface area contributed by atoms with Crippen molar-refractivity contribution in [1.29, 1.82) is 0 Å². The topological polar surface area (TPSA) is 84.1 Å². The van der Waals surface area contributed by atoms with Crippen LogP contribution in [0, 0.1) is 0 Å². The molecule has 0 fully saturated rings. The van der Waals surface area contributed by atoms with Crippen molar-refractivity contribution in [2.24, 2.45) is 0 Å². The van der Waals surface area contributed by atoms with E-state index in [4.69, 9.17) is 0 Å². The van der Waals surface area contributed by atoms with Crippen molar-refractivity contribution in [3.63, 3.8) is 0 Å². The zero-order valence-electron chi connectivity index (χ0n) is 13.8. The molecule has 0 unspecified atom stereocenters. The van der Waals surface area contributed by atoms with Crippen LogP contribution in [0.1, 0.15) is 17.3 Å². The molecule has 7 heteroatoms. The van der Waals surface area contributed by atoms with E-state index < -0.39 is 6.09 Å². The average molecular weight is 319 g/mol. The van der Waals surface area contributed by atoms with E-state index in [9.17, 15) is 9.59 Å². The molecule has 0 saturated carbocycles. The number of methoxy groups -OCH3 is 1. The van der Waals surface area contributed by atoms with Crippen LogP contribution in [0.5, 0.6) is 0 Å². The number of hydrogen-bond acceptors (Lipinski definition) is 4. The number of fused-ring (bicyclic) bond motifs is 1. The van der Waals surface area contributed by atoms with Gasteiger partial charge in [0.05, 0.1) is 18.1 Å². The van der Waals surface area contributed by atoms with E-state index in [0.717, 1.165) is 0 Å². The Morgan fingerprint density at radius 2 is 1.87 bits per heavy atom. The predicted octanol–water partition coefficient (Wildman–Crippen LogP) is 0.0887. The van der Waals surface area contributed by atoms with Crippen LogP contribution in [0.15, 0.2) is 48.5 Å². The van der Waals surface area contributed by atoms with E-state index >= 15 is 0 Å². The smallest absolute Gasteiger partial charge is 1.00 e. The van der Waals surface area contributed by atoms with Crippen LogP contribution in [0.3, 0.4) is 0 Å². The molecule has 2 aromatic carbocycles. The molecule has 6 nitrogen and oxygen atoms in total. The predicted molar refractivity (Wildman–Crippen MR) is 83.1 cm³/mol. The number of imidazole rings is 1. The molecule has 3 rings (SSSR count). The van der Waals surface area contributed by atoms with Gasteiger partial charge in [0.25, 0.3) is 0 Å². The van der Waals surface area contributed by atoms with Crippen molar-refractivity contribution in [2.75, 3.05) is 12.4 Å². The van der Waals surface area contributed by atoms with Crippen LogP contribution in [-0.4, -0.2) is 29.0 Å². The summed E-state index contributed by atoms with van der Waals surface area (Å²) in [6.45, 7) is 0. The largest absolute Gasteiger partial charge is 1.00 e. The summed E-state index contributed by atoms with van der Waals surface area (Å²) in [4.78, 5) is 30.7. The van der Waals surface area contributed by atoms with Crippen LogP contribution in [0.25, 0.3) is 11.0 Å². The molecule has 0 bridgehead atoms. The van der Waals surface area contributed by atoms with Crippen molar-refractivity contribution in [3.05, 3.63) is 59.7 Å². The van der Waals surface area contributed by atoms with Crippen molar-refractivity contribution >= 4 is 28.9 Å². The SMILES string of the molecule is COC(=O)Nc1nc2ccc(C(=O)c3ccccc3)cc2[nH]1.[H-].[Na+]. The third-order valence-electron chi connectivity index (χ3n) is 3.19. The third kappa shape index (κ3) is 3.79. The van der Waals surface area contributed by atoms with Crippen molar-refractivity contribution in [2.45, 2.75) is 0 Å².